The largest absolute Gasteiger partial charge is 0.394 e. The molecule has 1 saturated heterocycles. The van der Waals surface area contributed by atoms with Crippen molar-refractivity contribution in [3.8, 4) is 0 Å². The van der Waals surface area contributed by atoms with E-state index in [1.54, 1.807) is 0 Å². The fourth-order valence-electron chi connectivity index (χ4n) is 1.88. The van der Waals surface area contributed by atoms with Gasteiger partial charge in [0.2, 0.25) is 0 Å². The predicted octanol–water partition coefficient (Wildman–Crippen LogP) is -5.57. The van der Waals surface area contributed by atoms with Crippen LogP contribution in [0.1, 0.15) is 0 Å². The van der Waals surface area contributed by atoms with Crippen molar-refractivity contribution < 1.29 is 50.4 Å². The van der Waals surface area contributed by atoms with Gasteiger partial charge in [-0.05, 0) is 0 Å². The molecule has 1 heterocycles. The zero-order valence-electron chi connectivity index (χ0n) is 10.2. The highest BCUT2D eigenvalue weighted by Gasteiger charge is 2.55. The van der Waals surface area contributed by atoms with Gasteiger partial charge < -0.3 is 45.6 Å². The van der Waals surface area contributed by atoms with E-state index in [9.17, 15) is 40.5 Å². The molecule has 1 fully saturated rings. The lowest BCUT2D eigenvalue weighted by Crippen LogP contribution is -2.69. The second-order valence-electron chi connectivity index (χ2n) is 4.61. The molecule has 118 valence electrons. The van der Waals surface area contributed by atoms with Gasteiger partial charge in [-0.15, -0.1) is 0 Å². The Morgan fingerprint density at radius 1 is 1.15 bits per heavy atom. The Hall–Kier alpha value is -0.690. The molecule has 8 N–H and O–H groups in total. The number of rotatable bonds is 5. The van der Waals surface area contributed by atoms with E-state index in [0.717, 1.165) is 0 Å². The summed E-state index contributed by atoms with van der Waals surface area (Å²) in [6.07, 6.45) is -14.1. The fourth-order valence-corrected chi connectivity index (χ4v) is 1.88. The lowest BCUT2D eigenvalue weighted by molar-refractivity contribution is -0.339. The van der Waals surface area contributed by atoms with Crippen LogP contribution in [-0.4, -0.2) is 102 Å². The number of carbonyl (C=O) groups excluding carboxylic acids is 1. The first-order chi connectivity index (χ1) is 9.19. The molecule has 0 amide bonds. The second kappa shape index (κ2) is 6.39. The summed E-state index contributed by atoms with van der Waals surface area (Å²) in [5.41, 5.74) is 0. The number of hydrogen-bond acceptors (Lipinski definition) is 10. The van der Waals surface area contributed by atoms with E-state index in [0.29, 0.717) is 0 Å². The van der Waals surface area contributed by atoms with Crippen molar-refractivity contribution in [2.45, 2.75) is 48.5 Å². The molecule has 0 aromatic heterocycles. The maximum Gasteiger partial charge on any atom is 0.253 e. The molecule has 1 aliphatic rings. The maximum atomic E-state index is 10.7. The number of aliphatic hydroxyl groups excluding tert-OH is 7. The normalized spacial score (nSPS) is 42.8. The lowest BCUT2D eigenvalue weighted by Gasteiger charge is -2.45. The van der Waals surface area contributed by atoms with Crippen LogP contribution < -0.4 is 0 Å². The van der Waals surface area contributed by atoms with Crippen LogP contribution in [0.25, 0.3) is 0 Å². The van der Waals surface area contributed by atoms with Crippen molar-refractivity contribution in [3.05, 3.63) is 0 Å². The third-order valence-electron chi connectivity index (χ3n) is 3.20. The first-order valence-electron chi connectivity index (χ1n) is 5.75. The molecule has 0 aromatic rings. The van der Waals surface area contributed by atoms with Gasteiger partial charge in [0.05, 0.1) is 6.61 Å². The van der Waals surface area contributed by atoms with Crippen LogP contribution in [0.15, 0.2) is 0 Å². The van der Waals surface area contributed by atoms with E-state index in [1.165, 1.54) is 0 Å². The summed E-state index contributed by atoms with van der Waals surface area (Å²) in [5, 5.41) is 75.2. The highest BCUT2D eigenvalue weighted by atomic mass is 16.7. The predicted molar refractivity (Wildman–Crippen MR) is 59.0 cm³/mol. The molecule has 1 aliphatic heterocycles. The summed E-state index contributed by atoms with van der Waals surface area (Å²) in [6, 6.07) is 0. The molecular formula is C10H18O10. The molecule has 20 heavy (non-hydrogen) atoms. The average molecular weight is 298 g/mol. The first-order valence-corrected chi connectivity index (χ1v) is 5.75. The van der Waals surface area contributed by atoms with Gasteiger partial charge in [0.15, 0.2) is 6.29 Å². The monoisotopic (exact) mass is 298 g/mol. The average Bonchev–Trinajstić information content (AvgIpc) is 2.46. The summed E-state index contributed by atoms with van der Waals surface area (Å²) in [5.74, 6) is -2.89. The Morgan fingerprint density at radius 3 is 2.15 bits per heavy atom. The molecule has 0 aromatic carbocycles. The highest BCUT2D eigenvalue weighted by Crippen LogP contribution is 2.29. The Labute approximate surface area is 113 Å². The van der Waals surface area contributed by atoms with Crippen LogP contribution in [0.3, 0.4) is 0 Å². The standard InChI is InChI=1S/C10H18O10/c11-1-3(13)4(14)5(15)8-6(16)7(17)9(18)10(19,2-12)20-8/h2-9,11,13-19H,1H2. The topological polar surface area (TPSA) is 188 Å². The summed E-state index contributed by atoms with van der Waals surface area (Å²) in [4.78, 5) is 10.7. The Morgan fingerprint density at radius 2 is 1.70 bits per heavy atom. The van der Waals surface area contributed by atoms with Crippen LogP contribution in [0.4, 0.5) is 0 Å². The van der Waals surface area contributed by atoms with Gasteiger partial charge in [-0.1, -0.05) is 0 Å². The molecule has 10 heteroatoms. The highest BCUT2D eigenvalue weighted by molar-refractivity contribution is 5.61. The molecule has 0 radical (unpaired) electrons. The summed E-state index contributed by atoms with van der Waals surface area (Å²) >= 11 is 0. The van der Waals surface area contributed by atoms with E-state index in [-0.39, 0.29) is 6.29 Å². The zero-order chi connectivity index (χ0) is 15.7. The van der Waals surface area contributed by atoms with E-state index < -0.39 is 55.1 Å². The number of ether oxygens (including phenoxy) is 1. The zero-order valence-corrected chi connectivity index (χ0v) is 10.2. The Bertz CT molecular complexity index is 338. The quantitative estimate of drug-likeness (QED) is 0.227. The third kappa shape index (κ3) is 2.98. The minimum absolute atomic E-state index is 0.249. The number of aldehydes is 1. The molecule has 1 rings (SSSR count). The van der Waals surface area contributed by atoms with Crippen molar-refractivity contribution in [2.75, 3.05) is 6.61 Å². The minimum atomic E-state index is -2.89. The first kappa shape index (κ1) is 17.4. The van der Waals surface area contributed by atoms with Gasteiger partial charge in [0.1, 0.15) is 42.7 Å². The van der Waals surface area contributed by atoms with Crippen molar-refractivity contribution in [2.24, 2.45) is 0 Å². The molecular weight excluding hydrogens is 280 g/mol. The Kier molecular flexibility index (Phi) is 5.54. The van der Waals surface area contributed by atoms with Crippen LogP contribution in [0.5, 0.6) is 0 Å². The SMILES string of the molecule is O=CC1(O)OC(C(O)C(O)C(O)CO)C(O)C(O)C1O. The van der Waals surface area contributed by atoms with Gasteiger partial charge in [-0.2, -0.15) is 0 Å². The maximum absolute atomic E-state index is 10.7. The van der Waals surface area contributed by atoms with E-state index >= 15 is 0 Å². The van der Waals surface area contributed by atoms with Crippen LogP contribution in [-0.2, 0) is 9.53 Å². The van der Waals surface area contributed by atoms with E-state index in [2.05, 4.69) is 4.74 Å². The molecule has 0 saturated carbocycles. The summed E-state index contributed by atoms with van der Waals surface area (Å²) < 4.78 is 4.62. The molecule has 8 unspecified atom stereocenters. The van der Waals surface area contributed by atoms with E-state index in [1.807, 2.05) is 0 Å². The number of hydrogen-bond donors (Lipinski definition) is 8. The molecule has 10 nitrogen and oxygen atoms in total. The van der Waals surface area contributed by atoms with Crippen molar-refractivity contribution in [3.63, 3.8) is 0 Å². The minimum Gasteiger partial charge on any atom is -0.394 e. The van der Waals surface area contributed by atoms with Gasteiger partial charge in [-0.3, -0.25) is 4.79 Å². The molecule has 8 atom stereocenters. The summed E-state index contributed by atoms with van der Waals surface area (Å²) in [6.45, 7) is -0.913. The van der Waals surface area contributed by atoms with Gasteiger partial charge in [-0.25, -0.2) is 0 Å². The van der Waals surface area contributed by atoms with Crippen LogP contribution in [0.2, 0.25) is 0 Å². The third-order valence-corrected chi connectivity index (χ3v) is 3.20. The lowest BCUT2D eigenvalue weighted by atomic mass is 9.88. The summed E-state index contributed by atoms with van der Waals surface area (Å²) in [7, 11) is 0. The van der Waals surface area contributed by atoms with Crippen molar-refractivity contribution in [1.82, 2.24) is 0 Å². The molecule has 0 bridgehead atoms. The van der Waals surface area contributed by atoms with Crippen LogP contribution in [0, 0.1) is 0 Å². The second-order valence-corrected chi connectivity index (χ2v) is 4.61. The number of aliphatic hydroxyl groups is 8. The van der Waals surface area contributed by atoms with Gasteiger partial charge >= 0.3 is 0 Å². The number of carbonyl (C=O) groups is 1. The molecule has 0 aliphatic carbocycles. The van der Waals surface area contributed by atoms with Gasteiger partial charge in [0.25, 0.3) is 5.79 Å². The van der Waals surface area contributed by atoms with Gasteiger partial charge in [0, 0.05) is 0 Å². The van der Waals surface area contributed by atoms with Crippen LogP contribution >= 0.6 is 0 Å². The van der Waals surface area contributed by atoms with Crippen molar-refractivity contribution in [1.29, 1.82) is 0 Å². The fraction of sp³-hybridized carbons (Fsp3) is 0.900. The van der Waals surface area contributed by atoms with E-state index in [4.69, 9.17) is 5.11 Å². The molecule has 0 spiro atoms. The Balaban J connectivity index is 2.96. The smallest absolute Gasteiger partial charge is 0.253 e. The van der Waals surface area contributed by atoms with Crippen molar-refractivity contribution >= 4 is 6.29 Å².